The van der Waals surface area contributed by atoms with E-state index >= 15 is 0 Å². The number of rotatable bonds is 2. The third kappa shape index (κ3) is 2.80. The van der Waals surface area contributed by atoms with Gasteiger partial charge in [-0.25, -0.2) is 9.38 Å². The van der Waals surface area contributed by atoms with E-state index in [-0.39, 0.29) is 11.7 Å². The zero-order chi connectivity index (χ0) is 13.9. The lowest BCUT2D eigenvalue weighted by Gasteiger charge is -1.95. The number of furan rings is 1. The molecule has 2 aromatic rings. The Kier molecular flexibility index (Phi) is 3.39. The van der Waals surface area contributed by atoms with Gasteiger partial charge in [-0.2, -0.15) is 0 Å². The number of amidine groups is 1. The zero-order valence-corrected chi connectivity index (χ0v) is 11.0. The molecule has 20 heavy (non-hydrogen) atoms. The molecule has 0 saturated carbocycles. The van der Waals surface area contributed by atoms with E-state index in [2.05, 4.69) is 10.3 Å². The van der Waals surface area contributed by atoms with Crippen molar-refractivity contribution in [2.45, 2.75) is 0 Å². The molecule has 0 atom stereocenters. The Morgan fingerprint density at radius 1 is 1.25 bits per heavy atom. The predicted molar refractivity (Wildman–Crippen MR) is 75.9 cm³/mol. The van der Waals surface area contributed by atoms with Crippen LogP contribution in [0.4, 0.5) is 10.1 Å². The van der Waals surface area contributed by atoms with Crippen LogP contribution in [0.25, 0.3) is 6.08 Å². The molecule has 1 amide bonds. The molecule has 0 unspecified atom stereocenters. The van der Waals surface area contributed by atoms with Crippen LogP contribution in [-0.4, -0.2) is 11.1 Å². The summed E-state index contributed by atoms with van der Waals surface area (Å²) in [5.41, 5.74) is 0.577. The van der Waals surface area contributed by atoms with Gasteiger partial charge in [0, 0.05) is 6.08 Å². The normalized spacial score (nSPS) is 18.8. The van der Waals surface area contributed by atoms with Gasteiger partial charge in [-0.15, -0.1) is 0 Å². The smallest absolute Gasteiger partial charge is 0.264 e. The first kappa shape index (κ1) is 12.7. The van der Waals surface area contributed by atoms with Crippen LogP contribution in [0.15, 0.2) is 57.0 Å². The Bertz CT molecular complexity index is 690. The van der Waals surface area contributed by atoms with E-state index in [9.17, 15) is 9.18 Å². The van der Waals surface area contributed by atoms with Gasteiger partial charge in [0.25, 0.3) is 5.91 Å². The highest BCUT2D eigenvalue weighted by atomic mass is 32.2. The molecule has 1 aromatic heterocycles. The number of hydrogen-bond donors (Lipinski definition) is 1. The average Bonchev–Trinajstić information content (AvgIpc) is 3.04. The number of aliphatic imine (C=N–C) groups is 1. The second-order valence-electron chi connectivity index (χ2n) is 3.97. The van der Waals surface area contributed by atoms with Gasteiger partial charge < -0.3 is 9.73 Å². The molecule has 1 N–H and O–H groups in total. The summed E-state index contributed by atoms with van der Waals surface area (Å²) in [6.45, 7) is 0. The Morgan fingerprint density at radius 3 is 2.75 bits per heavy atom. The number of carbonyl (C=O) groups excluding carboxylic acids is 1. The standard InChI is InChI=1S/C14H9FN2O2S/c15-9-3-5-10(6-4-9)16-14-17-13(18)12(20-14)8-11-2-1-7-19-11/h1-8H,(H,16,17,18)/b12-8+. The SMILES string of the molecule is O=C1NC(=Nc2ccc(F)cc2)S/C1=C/c1ccco1. The van der Waals surface area contributed by atoms with Crippen LogP contribution in [-0.2, 0) is 4.79 Å². The summed E-state index contributed by atoms with van der Waals surface area (Å²) in [6.07, 6.45) is 3.19. The molecule has 6 heteroatoms. The van der Waals surface area contributed by atoms with Crippen LogP contribution >= 0.6 is 11.8 Å². The number of carbonyl (C=O) groups is 1. The van der Waals surface area contributed by atoms with Gasteiger partial charge in [-0.3, -0.25) is 4.79 Å². The third-order valence-corrected chi connectivity index (χ3v) is 3.43. The van der Waals surface area contributed by atoms with Crippen LogP contribution in [0.1, 0.15) is 5.76 Å². The lowest BCUT2D eigenvalue weighted by molar-refractivity contribution is -0.115. The Morgan fingerprint density at radius 2 is 2.05 bits per heavy atom. The average molecular weight is 288 g/mol. The highest BCUT2D eigenvalue weighted by Crippen LogP contribution is 2.28. The van der Waals surface area contributed by atoms with E-state index in [1.165, 1.54) is 30.2 Å². The molecular weight excluding hydrogens is 279 g/mol. The number of amides is 1. The summed E-state index contributed by atoms with van der Waals surface area (Å²) in [7, 11) is 0. The van der Waals surface area contributed by atoms with Gasteiger partial charge >= 0.3 is 0 Å². The molecule has 1 aliphatic heterocycles. The maximum Gasteiger partial charge on any atom is 0.264 e. The maximum absolute atomic E-state index is 12.8. The minimum Gasteiger partial charge on any atom is -0.465 e. The Labute approximate surface area is 118 Å². The molecule has 1 saturated heterocycles. The lowest BCUT2D eigenvalue weighted by atomic mass is 10.3. The molecule has 100 valence electrons. The second kappa shape index (κ2) is 5.34. The molecule has 1 fully saturated rings. The molecule has 0 radical (unpaired) electrons. The number of nitrogens with one attached hydrogen (secondary N) is 1. The molecule has 0 aliphatic carbocycles. The van der Waals surface area contributed by atoms with Crippen molar-refractivity contribution in [2.75, 3.05) is 0 Å². The molecule has 0 spiro atoms. The largest absolute Gasteiger partial charge is 0.465 e. The molecule has 2 heterocycles. The summed E-state index contributed by atoms with van der Waals surface area (Å²) in [5, 5.41) is 3.11. The van der Waals surface area contributed by atoms with Crippen LogP contribution < -0.4 is 5.32 Å². The summed E-state index contributed by atoms with van der Waals surface area (Å²) in [6, 6.07) is 9.24. The Hall–Kier alpha value is -2.34. The number of halogens is 1. The van der Waals surface area contributed by atoms with Crippen LogP contribution in [0, 0.1) is 5.82 Å². The summed E-state index contributed by atoms with van der Waals surface area (Å²) < 4.78 is 18.0. The minimum atomic E-state index is -0.324. The van der Waals surface area contributed by atoms with Gasteiger partial charge in [0.1, 0.15) is 11.6 Å². The first-order valence-corrected chi connectivity index (χ1v) is 6.61. The fraction of sp³-hybridized carbons (Fsp3) is 0. The topological polar surface area (TPSA) is 54.6 Å². The maximum atomic E-state index is 12.8. The zero-order valence-electron chi connectivity index (χ0n) is 10.2. The second-order valence-corrected chi connectivity index (χ2v) is 5.00. The monoisotopic (exact) mass is 288 g/mol. The van der Waals surface area contributed by atoms with Gasteiger partial charge in [-0.1, -0.05) is 0 Å². The van der Waals surface area contributed by atoms with Gasteiger partial charge in [0.15, 0.2) is 5.17 Å². The van der Waals surface area contributed by atoms with Gasteiger partial charge in [0.2, 0.25) is 0 Å². The summed E-state index contributed by atoms with van der Waals surface area (Å²) in [5.74, 6) is 0.0495. The van der Waals surface area contributed by atoms with Crippen molar-refractivity contribution in [1.29, 1.82) is 0 Å². The molecule has 4 nitrogen and oxygen atoms in total. The number of thioether (sulfide) groups is 1. The van der Waals surface area contributed by atoms with Crippen molar-refractivity contribution in [3.05, 3.63) is 59.1 Å². The minimum absolute atomic E-state index is 0.229. The fourth-order valence-electron chi connectivity index (χ4n) is 1.62. The first-order valence-electron chi connectivity index (χ1n) is 5.79. The lowest BCUT2D eigenvalue weighted by Crippen LogP contribution is -2.19. The number of benzene rings is 1. The van der Waals surface area contributed by atoms with E-state index in [1.54, 1.807) is 30.3 Å². The van der Waals surface area contributed by atoms with Crippen LogP contribution in [0.2, 0.25) is 0 Å². The van der Waals surface area contributed by atoms with Gasteiger partial charge in [-0.05, 0) is 48.2 Å². The third-order valence-electron chi connectivity index (χ3n) is 2.52. The summed E-state index contributed by atoms with van der Waals surface area (Å²) >= 11 is 1.21. The number of nitrogens with zero attached hydrogens (tertiary/aromatic N) is 1. The summed E-state index contributed by atoms with van der Waals surface area (Å²) in [4.78, 5) is 16.5. The first-order chi connectivity index (χ1) is 9.70. The van der Waals surface area contributed by atoms with E-state index < -0.39 is 0 Å². The van der Waals surface area contributed by atoms with Crippen molar-refractivity contribution < 1.29 is 13.6 Å². The van der Waals surface area contributed by atoms with E-state index in [0.29, 0.717) is 21.5 Å². The van der Waals surface area contributed by atoms with Gasteiger partial charge in [0.05, 0.1) is 16.9 Å². The van der Waals surface area contributed by atoms with Crippen molar-refractivity contribution in [1.82, 2.24) is 5.32 Å². The molecule has 1 aliphatic rings. The highest BCUT2D eigenvalue weighted by Gasteiger charge is 2.24. The predicted octanol–water partition coefficient (Wildman–Crippen LogP) is 3.31. The van der Waals surface area contributed by atoms with E-state index in [1.807, 2.05) is 0 Å². The van der Waals surface area contributed by atoms with E-state index in [4.69, 9.17) is 4.42 Å². The van der Waals surface area contributed by atoms with E-state index in [0.717, 1.165) is 0 Å². The van der Waals surface area contributed by atoms with Crippen molar-refractivity contribution in [2.24, 2.45) is 4.99 Å². The fourth-order valence-corrected chi connectivity index (χ4v) is 2.44. The molecule has 3 rings (SSSR count). The van der Waals surface area contributed by atoms with Crippen molar-refractivity contribution >= 4 is 34.6 Å². The number of hydrogen-bond acceptors (Lipinski definition) is 4. The van der Waals surface area contributed by atoms with Crippen molar-refractivity contribution in [3.63, 3.8) is 0 Å². The van der Waals surface area contributed by atoms with Crippen LogP contribution in [0.5, 0.6) is 0 Å². The van der Waals surface area contributed by atoms with Crippen LogP contribution in [0.3, 0.4) is 0 Å². The quantitative estimate of drug-likeness (QED) is 0.863. The Balaban J connectivity index is 1.81. The molecular formula is C14H9FN2O2S. The molecule has 1 aromatic carbocycles. The molecule has 0 bridgehead atoms. The highest BCUT2D eigenvalue weighted by molar-refractivity contribution is 8.18. The van der Waals surface area contributed by atoms with Crippen molar-refractivity contribution in [3.8, 4) is 0 Å².